The molecule has 0 saturated heterocycles. The van der Waals surface area contributed by atoms with Crippen molar-refractivity contribution < 1.29 is 32.9 Å². The predicted octanol–water partition coefficient (Wildman–Crippen LogP) is 12.9. The Balaban J connectivity index is 4.48. The van der Waals surface area contributed by atoms with Gasteiger partial charge in [0.05, 0.1) is 39.9 Å². The Hall–Kier alpha value is -1.54. The molecule has 9 heteroatoms. The summed E-state index contributed by atoms with van der Waals surface area (Å²) in [5, 5.41) is 13.8. The van der Waals surface area contributed by atoms with Gasteiger partial charge < -0.3 is 19.8 Å². The molecule has 0 radical (unpaired) electrons. The van der Waals surface area contributed by atoms with Crippen molar-refractivity contribution in [1.29, 1.82) is 0 Å². The molecule has 0 spiro atoms. The van der Waals surface area contributed by atoms with Crippen LogP contribution in [0.5, 0.6) is 0 Å². The van der Waals surface area contributed by atoms with E-state index in [0.29, 0.717) is 17.4 Å². The maximum Gasteiger partial charge on any atom is 0.472 e. The number of nitrogens with one attached hydrogen (secondary N) is 1. The first-order valence-electron chi connectivity index (χ1n) is 23.0. The van der Waals surface area contributed by atoms with Gasteiger partial charge in [0.2, 0.25) is 5.91 Å². The number of aliphatic hydroxyl groups is 1. The van der Waals surface area contributed by atoms with Gasteiger partial charge in [-0.3, -0.25) is 13.8 Å². The van der Waals surface area contributed by atoms with E-state index in [9.17, 15) is 19.4 Å². The predicted molar refractivity (Wildman–Crippen MR) is 240 cm³/mol. The minimum atomic E-state index is -4.36. The lowest BCUT2D eigenvalue weighted by Gasteiger charge is -2.25. The van der Waals surface area contributed by atoms with Crippen LogP contribution in [0.4, 0.5) is 0 Å². The molecular weight excluding hydrogens is 719 g/mol. The lowest BCUT2D eigenvalue weighted by molar-refractivity contribution is -0.870. The van der Waals surface area contributed by atoms with E-state index in [-0.39, 0.29) is 25.5 Å². The molecule has 0 aromatic carbocycles. The monoisotopic (exact) mass is 810 g/mol. The number of likely N-dealkylation sites (N-methyl/N-ethyl adjacent to an activating group) is 1. The number of amides is 1. The van der Waals surface area contributed by atoms with Crippen molar-refractivity contribution in [2.45, 2.75) is 206 Å². The average molecular weight is 810 g/mol. The van der Waals surface area contributed by atoms with Crippen molar-refractivity contribution in [3.63, 3.8) is 0 Å². The third kappa shape index (κ3) is 40.6. The van der Waals surface area contributed by atoms with Crippen LogP contribution in [-0.4, -0.2) is 73.4 Å². The second-order valence-electron chi connectivity index (χ2n) is 16.8. The summed E-state index contributed by atoms with van der Waals surface area (Å²) in [6.07, 6.45) is 49.2. The molecule has 0 rings (SSSR count). The van der Waals surface area contributed by atoms with Crippen molar-refractivity contribution >= 4 is 13.7 Å². The SMILES string of the molecule is CCCCCCCC/C=C\C/C=C\CCC(=O)NC(COP(=O)(O)OCC[N+](C)(C)C)C(O)/C=C/CC/C=C/CCCCCCCCCCCCCCCCC. The number of allylic oxidation sites excluding steroid dienone is 7. The third-order valence-electron chi connectivity index (χ3n) is 10.0. The molecule has 0 fully saturated rings. The molecule has 0 aliphatic rings. The van der Waals surface area contributed by atoms with Gasteiger partial charge >= 0.3 is 7.82 Å². The number of carbonyl (C=O) groups is 1. The summed E-state index contributed by atoms with van der Waals surface area (Å²) >= 11 is 0. The molecule has 0 aromatic heterocycles. The maximum atomic E-state index is 12.8. The fourth-order valence-corrected chi connectivity index (χ4v) is 7.08. The zero-order chi connectivity index (χ0) is 41.4. The first-order chi connectivity index (χ1) is 27.0. The van der Waals surface area contributed by atoms with Crippen LogP contribution in [0.1, 0.15) is 194 Å². The molecule has 56 heavy (non-hydrogen) atoms. The summed E-state index contributed by atoms with van der Waals surface area (Å²) in [7, 11) is 1.52. The standard InChI is InChI=1S/C47H89N2O6P/c1-6-8-10-12-14-16-18-20-21-22-23-24-25-26-27-29-30-32-34-36-38-40-46(50)45(44-55-56(52,53)54-43-42-49(3,4)5)48-47(51)41-39-37-35-33-31-28-19-17-15-13-11-9-7-2/h28,30-32,35,37-38,40,45-46,50H,6-27,29,33-34,36,39,41-44H2,1-5H3,(H-,48,51,52,53)/p+1/b31-28-,32-30+,37-35-,40-38+. The Labute approximate surface area is 346 Å². The third-order valence-corrected chi connectivity index (χ3v) is 11.0. The second-order valence-corrected chi connectivity index (χ2v) is 18.2. The Morgan fingerprint density at radius 2 is 1.04 bits per heavy atom. The number of hydrogen-bond donors (Lipinski definition) is 3. The summed E-state index contributed by atoms with van der Waals surface area (Å²) in [6.45, 7) is 4.73. The highest BCUT2D eigenvalue weighted by Crippen LogP contribution is 2.43. The quantitative estimate of drug-likeness (QED) is 0.0246. The van der Waals surface area contributed by atoms with E-state index in [1.165, 1.54) is 135 Å². The largest absolute Gasteiger partial charge is 0.472 e. The Morgan fingerprint density at radius 1 is 0.607 bits per heavy atom. The summed E-state index contributed by atoms with van der Waals surface area (Å²) in [5.41, 5.74) is 0. The number of carbonyl (C=O) groups excluding carboxylic acids is 1. The summed E-state index contributed by atoms with van der Waals surface area (Å²) in [5.74, 6) is -0.255. The van der Waals surface area contributed by atoms with Gasteiger partial charge in [-0.2, -0.15) is 0 Å². The topological polar surface area (TPSA) is 105 Å². The van der Waals surface area contributed by atoms with Gasteiger partial charge in [-0.25, -0.2) is 4.57 Å². The summed E-state index contributed by atoms with van der Waals surface area (Å²) < 4.78 is 23.5. The van der Waals surface area contributed by atoms with Crippen molar-refractivity contribution in [3.8, 4) is 0 Å². The van der Waals surface area contributed by atoms with Crippen molar-refractivity contribution in [3.05, 3.63) is 48.6 Å². The number of quaternary nitrogens is 1. The van der Waals surface area contributed by atoms with Gasteiger partial charge in [-0.05, 0) is 51.4 Å². The average Bonchev–Trinajstić information content (AvgIpc) is 3.15. The molecule has 0 aliphatic heterocycles. The lowest BCUT2D eigenvalue weighted by atomic mass is 10.0. The number of hydrogen-bond acceptors (Lipinski definition) is 5. The highest BCUT2D eigenvalue weighted by Gasteiger charge is 2.27. The summed E-state index contributed by atoms with van der Waals surface area (Å²) in [4.78, 5) is 23.0. The Kier molecular flexibility index (Phi) is 37.9. The van der Waals surface area contributed by atoms with Crippen LogP contribution in [0.15, 0.2) is 48.6 Å². The van der Waals surface area contributed by atoms with Crippen LogP contribution in [-0.2, 0) is 18.4 Å². The number of aliphatic hydroxyl groups excluding tert-OH is 1. The van der Waals surface area contributed by atoms with Crippen molar-refractivity contribution in [2.24, 2.45) is 0 Å². The number of phosphoric acid groups is 1. The molecule has 328 valence electrons. The van der Waals surface area contributed by atoms with Gasteiger partial charge in [0, 0.05) is 6.42 Å². The molecule has 0 aromatic rings. The minimum Gasteiger partial charge on any atom is -0.387 e. The molecule has 0 saturated carbocycles. The first-order valence-corrected chi connectivity index (χ1v) is 24.5. The van der Waals surface area contributed by atoms with Gasteiger partial charge in [0.15, 0.2) is 0 Å². The van der Waals surface area contributed by atoms with Crippen LogP contribution >= 0.6 is 7.82 Å². The molecule has 3 unspecified atom stereocenters. The van der Waals surface area contributed by atoms with E-state index in [1.54, 1.807) is 6.08 Å². The fourth-order valence-electron chi connectivity index (χ4n) is 6.34. The van der Waals surface area contributed by atoms with E-state index < -0.39 is 20.0 Å². The molecule has 0 aliphatic carbocycles. The van der Waals surface area contributed by atoms with E-state index in [2.05, 4.69) is 49.5 Å². The van der Waals surface area contributed by atoms with Crippen LogP contribution < -0.4 is 5.32 Å². The second kappa shape index (κ2) is 38.9. The molecule has 0 bridgehead atoms. The first kappa shape index (κ1) is 54.5. The van der Waals surface area contributed by atoms with Gasteiger partial charge in [-0.1, -0.05) is 184 Å². The van der Waals surface area contributed by atoms with Crippen LogP contribution in [0.25, 0.3) is 0 Å². The number of rotatable bonds is 41. The van der Waals surface area contributed by atoms with Crippen LogP contribution in [0, 0.1) is 0 Å². The van der Waals surface area contributed by atoms with Gasteiger partial charge in [0.1, 0.15) is 13.2 Å². The van der Waals surface area contributed by atoms with E-state index >= 15 is 0 Å². The van der Waals surface area contributed by atoms with Gasteiger partial charge in [0.25, 0.3) is 0 Å². The zero-order valence-electron chi connectivity index (χ0n) is 37.1. The van der Waals surface area contributed by atoms with E-state index in [1.807, 2.05) is 33.3 Å². The number of phosphoric ester groups is 1. The molecule has 8 nitrogen and oxygen atoms in total. The molecule has 3 N–H and O–H groups in total. The van der Waals surface area contributed by atoms with E-state index in [0.717, 1.165) is 32.1 Å². The minimum absolute atomic E-state index is 0.0459. The lowest BCUT2D eigenvalue weighted by Crippen LogP contribution is -2.45. The fraction of sp³-hybridized carbons (Fsp3) is 0.809. The van der Waals surface area contributed by atoms with Gasteiger partial charge in [-0.15, -0.1) is 0 Å². The molecule has 0 heterocycles. The molecule has 3 atom stereocenters. The van der Waals surface area contributed by atoms with Crippen LogP contribution in [0.2, 0.25) is 0 Å². The highest BCUT2D eigenvalue weighted by molar-refractivity contribution is 7.47. The zero-order valence-corrected chi connectivity index (χ0v) is 38.0. The molecular formula is C47H90N2O6P+. The smallest absolute Gasteiger partial charge is 0.387 e. The van der Waals surface area contributed by atoms with Crippen LogP contribution in [0.3, 0.4) is 0 Å². The Morgan fingerprint density at radius 3 is 1.54 bits per heavy atom. The summed E-state index contributed by atoms with van der Waals surface area (Å²) in [6, 6.07) is -0.893. The Bertz CT molecular complexity index is 1050. The maximum absolute atomic E-state index is 12.8. The van der Waals surface area contributed by atoms with E-state index in [4.69, 9.17) is 9.05 Å². The number of unbranched alkanes of at least 4 members (excludes halogenated alkanes) is 22. The van der Waals surface area contributed by atoms with Crippen molar-refractivity contribution in [1.82, 2.24) is 5.32 Å². The number of nitrogens with zero attached hydrogens (tertiary/aromatic N) is 1. The molecule has 1 amide bonds. The van der Waals surface area contributed by atoms with Crippen molar-refractivity contribution in [2.75, 3.05) is 40.9 Å². The highest BCUT2D eigenvalue weighted by atomic mass is 31.2. The normalized spacial score (nSPS) is 14.8.